The molecular weight excluding hydrogens is 630 g/mol. The Hall–Kier alpha value is -2.25. The maximum absolute atomic E-state index is 12.5. The number of fused-ring (bicyclic) bond motifs is 3. The van der Waals surface area contributed by atoms with Crippen LogP contribution in [0, 0.1) is 0 Å². The minimum Gasteiger partial charge on any atom is -0.463 e. The highest BCUT2D eigenvalue weighted by atomic mass is 16.7. The molecule has 1 aromatic rings. The molecule has 0 aromatic heterocycles. The summed E-state index contributed by atoms with van der Waals surface area (Å²) in [6.07, 6.45) is 9.82. The maximum Gasteiger partial charge on any atom is 0.305 e. The van der Waals surface area contributed by atoms with Crippen LogP contribution in [0.1, 0.15) is 120 Å². The molecule has 0 bridgehead atoms. The van der Waals surface area contributed by atoms with E-state index in [0.29, 0.717) is 11.5 Å². The second-order valence-electron chi connectivity index (χ2n) is 14.6. The van der Waals surface area contributed by atoms with Gasteiger partial charge in [0, 0.05) is 31.5 Å². The van der Waals surface area contributed by atoms with Gasteiger partial charge in [-0.25, -0.2) is 0 Å². The molecule has 11 nitrogen and oxygen atoms in total. The molecule has 5 aliphatic rings. The lowest BCUT2D eigenvalue weighted by Gasteiger charge is -2.48. The molecule has 2 fully saturated rings. The number of esters is 1. The molecule has 6 rings (SSSR count). The molecule has 1 aliphatic carbocycles. The fraction of sp³-hybridized carbons (Fsp3) is 0.763. The number of benzene rings is 1. The quantitative estimate of drug-likeness (QED) is 0.0975. The van der Waals surface area contributed by atoms with Crippen molar-refractivity contribution in [1.82, 2.24) is 4.90 Å². The molecule has 274 valence electrons. The second kappa shape index (κ2) is 17.3. The average Bonchev–Trinajstić information content (AvgIpc) is 3.73. The van der Waals surface area contributed by atoms with E-state index in [1.807, 2.05) is 18.2 Å². The highest BCUT2D eigenvalue weighted by Gasteiger charge is 2.53. The Morgan fingerprint density at radius 2 is 1.51 bits per heavy atom. The topological polar surface area (TPSA) is 147 Å². The standard InChI is InChI=1S/C38H57NO10/c1-2-3-4-5-6-7-8-9-10-11-12-13-14-15-31(41)45-22-30-34(42)35(43)36(44)38(48-30)49-37-27(40)18-24-16-17-39-21-25-19-28-29(47-23-46-28)20-26(25)32(37)33(24)39/h18-20,27,30,32-38,40,42-44H,2-17,21-23H2,1H3/t27-,30+,32-,33-,34+,35-,36+,37+,38-/m0/s1. The van der Waals surface area contributed by atoms with Crippen LogP contribution in [0.3, 0.4) is 0 Å². The zero-order valence-electron chi connectivity index (χ0n) is 29.0. The van der Waals surface area contributed by atoms with E-state index in [1.54, 1.807) is 0 Å². The number of rotatable bonds is 18. The van der Waals surface area contributed by atoms with Crippen molar-refractivity contribution in [3.8, 4) is 11.5 Å². The average molecular weight is 688 g/mol. The molecule has 0 radical (unpaired) electrons. The summed E-state index contributed by atoms with van der Waals surface area (Å²) < 4.78 is 29.1. The lowest BCUT2D eigenvalue weighted by Crippen LogP contribution is -2.61. The van der Waals surface area contributed by atoms with Gasteiger partial charge >= 0.3 is 5.97 Å². The molecule has 11 heteroatoms. The molecule has 0 unspecified atom stereocenters. The summed E-state index contributed by atoms with van der Waals surface area (Å²) in [6.45, 7) is 3.69. The van der Waals surface area contributed by atoms with E-state index in [9.17, 15) is 25.2 Å². The lowest BCUT2D eigenvalue weighted by molar-refractivity contribution is -0.319. The van der Waals surface area contributed by atoms with Gasteiger partial charge in [-0.3, -0.25) is 9.69 Å². The van der Waals surface area contributed by atoms with Crippen molar-refractivity contribution in [2.45, 2.75) is 165 Å². The number of ether oxygens (including phenoxy) is 5. The third-order valence-electron chi connectivity index (χ3n) is 11.1. The molecule has 9 atom stereocenters. The summed E-state index contributed by atoms with van der Waals surface area (Å²) in [5.41, 5.74) is 3.18. The maximum atomic E-state index is 12.5. The fourth-order valence-electron chi connectivity index (χ4n) is 8.35. The first-order valence-corrected chi connectivity index (χ1v) is 18.9. The Morgan fingerprint density at radius 1 is 0.857 bits per heavy atom. The smallest absolute Gasteiger partial charge is 0.305 e. The van der Waals surface area contributed by atoms with Crippen LogP contribution in [0.25, 0.3) is 0 Å². The van der Waals surface area contributed by atoms with Gasteiger partial charge in [0.1, 0.15) is 31.0 Å². The first-order valence-electron chi connectivity index (χ1n) is 18.9. The minimum absolute atomic E-state index is 0.000578. The number of aliphatic hydroxyl groups excluding tert-OH is 4. The van der Waals surface area contributed by atoms with Crippen molar-refractivity contribution in [2.75, 3.05) is 19.9 Å². The summed E-state index contributed by atoms with van der Waals surface area (Å²) in [7, 11) is 0. The molecular formula is C38H57NO10. The number of nitrogens with zero attached hydrogens (tertiary/aromatic N) is 1. The van der Waals surface area contributed by atoms with Gasteiger partial charge in [-0.15, -0.1) is 0 Å². The van der Waals surface area contributed by atoms with Gasteiger partial charge in [-0.1, -0.05) is 95.6 Å². The first-order chi connectivity index (χ1) is 23.9. The van der Waals surface area contributed by atoms with Gasteiger partial charge in [0.2, 0.25) is 6.79 Å². The van der Waals surface area contributed by atoms with Crippen molar-refractivity contribution in [3.63, 3.8) is 0 Å². The highest BCUT2D eigenvalue weighted by Crippen LogP contribution is 2.50. The largest absolute Gasteiger partial charge is 0.463 e. The summed E-state index contributed by atoms with van der Waals surface area (Å²) in [4.78, 5) is 14.9. The third-order valence-corrected chi connectivity index (χ3v) is 11.1. The summed E-state index contributed by atoms with van der Waals surface area (Å²) in [5, 5.41) is 43.7. The number of hydrogen-bond acceptors (Lipinski definition) is 11. The molecule has 4 aliphatic heterocycles. The van der Waals surface area contributed by atoms with Crippen molar-refractivity contribution >= 4 is 5.97 Å². The molecule has 0 saturated carbocycles. The Kier molecular flexibility index (Phi) is 12.9. The van der Waals surface area contributed by atoms with Crippen LogP contribution in [0.15, 0.2) is 23.8 Å². The summed E-state index contributed by atoms with van der Waals surface area (Å²) in [5.74, 6) is 0.640. The van der Waals surface area contributed by atoms with Crippen molar-refractivity contribution < 1.29 is 48.9 Å². The van der Waals surface area contributed by atoms with Crippen LogP contribution < -0.4 is 9.47 Å². The minimum atomic E-state index is -1.59. The molecule has 49 heavy (non-hydrogen) atoms. The summed E-state index contributed by atoms with van der Waals surface area (Å²) >= 11 is 0. The predicted octanol–water partition coefficient (Wildman–Crippen LogP) is 4.61. The lowest BCUT2D eigenvalue weighted by atomic mass is 9.73. The zero-order valence-corrected chi connectivity index (χ0v) is 29.0. The number of carbonyl (C=O) groups is 1. The number of carbonyl (C=O) groups excluding carboxylic acids is 1. The fourth-order valence-corrected chi connectivity index (χ4v) is 8.35. The number of hydrogen-bond donors (Lipinski definition) is 4. The highest BCUT2D eigenvalue weighted by molar-refractivity contribution is 5.69. The number of unbranched alkanes of at least 4 members (excludes halogenated alkanes) is 12. The van der Waals surface area contributed by atoms with E-state index < -0.39 is 48.9 Å². The SMILES string of the molecule is CCCCCCCCCCCCCCCC(=O)OC[C@H]1O[C@@H](O[C@H]2[C@H]3c4cc5c(cc4CN4CCC(=C[C@@H]2O)[C@@H]34)OCO5)[C@H](O)[C@@H](O)[C@@H]1O. The number of aliphatic hydroxyl groups is 4. The Labute approximate surface area is 290 Å². The Morgan fingerprint density at radius 3 is 2.20 bits per heavy atom. The van der Waals surface area contributed by atoms with Crippen molar-refractivity contribution in [2.24, 2.45) is 0 Å². The van der Waals surface area contributed by atoms with Gasteiger partial charge in [0.15, 0.2) is 17.8 Å². The van der Waals surface area contributed by atoms with E-state index in [1.165, 1.54) is 64.2 Å². The first kappa shape index (κ1) is 36.5. The normalized spacial score (nSPS) is 31.7. The van der Waals surface area contributed by atoms with Gasteiger partial charge in [-0.05, 0) is 36.1 Å². The van der Waals surface area contributed by atoms with Gasteiger partial charge in [-0.2, -0.15) is 0 Å². The molecule has 1 aromatic carbocycles. The second-order valence-corrected chi connectivity index (χ2v) is 14.6. The van der Waals surface area contributed by atoms with Crippen molar-refractivity contribution in [1.29, 1.82) is 0 Å². The van der Waals surface area contributed by atoms with E-state index >= 15 is 0 Å². The van der Waals surface area contributed by atoms with Crippen molar-refractivity contribution in [3.05, 3.63) is 34.9 Å². The van der Waals surface area contributed by atoms with E-state index in [4.69, 9.17) is 23.7 Å². The van der Waals surface area contributed by atoms with Gasteiger partial charge < -0.3 is 44.1 Å². The van der Waals surface area contributed by atoms with Crippen LogP contribution in [-0.4, -0.2) is 100 Å². The molecule has 2 saturated heterocycles. The Balaban J connectivity index is 0.973. The molecule has 0 amide bonds. The van der Waals surface area contributed by atoms with Crippen LogP contribution in [-0.2, 0) is 25.5 Å². The Bertz CT molecular complexity index is 1270. The molecule has 4 N–H and O–H groups in total. The van der Waals surface area contributed by atoms with Crippen LogP contribution >= 0.6 is 0 Å². The van der Waals surface area contributed by atoms with Gasteiger partial charge in [0.25, 0.3) is 0 Å². The summed E-state index contributed by atoms with van der Waals surface area (Å²) in [6, 6.07) is 3.95. The van der Waals surface area contributed by atoms with E-state index in [-0.39, 0.29) is 31.8 Å². The monoisotopic (exact) mass is 687 g/mol. The van der Waals surface area contributed by atoms with E-state index in [2.05, 4.69) is 11.8 Å². The van der Waals surface area contributed by atoms with Crippen LogP contribution in [0.5, 0.6) is 11.5 Å². The zero-order chi connectivity index (χ0) is 34.3. The van der Waals surface area contributed by atoms with Gasteiger partial charge in [0.05, 0.1) is 12.2 Å². The van der Waals surface area contributed by atoms with Crippen LogP contribution in [0.4, 0.5) is 0 Å². The molecule has 0 spiro atoms. The van der Waals surface area contributed by atoms with E-state index in [0.717, 1.165) is 55.5 Å². The molecule has 4 heterocycles. The third kappa shape index (κ3) is 8.63. The predicted molar refractivity (Wildman–Crippen MR) is 181 cm³/mol. The van der Waals surface area contributed by atoms with Crippen LogP contribution in [0.2, 0.25) is 0 Å².